The molecule has 1 heterocycles. The Hall–Kier alpha value is -2.47. The van der Waals surface area contributed by atoms with E-state index in [0.717, 1.165) is 5.56 Å². The molecule has 5 nitrogen and oxygen atoms in total. The van der Waals surface area contributed by atoms with Gasteiger partial charge in [-0.3, -0.25) is 10.6 Å². The summed E-state index contributed by atoms with van der Waals surface area (Å²) in [5.74, 6) is 4.59. The molecule has 19 heavy (non-hydrogen) atoms. The fourth-order valence-corrected chi connectivity index (χ4v) is 1.65. The van der Waals surface area contributed by atoms with Gasteiger partial charge in [-0.25, -0.2) is 9.37 Å². The predicted molar refractivity (Wildman–Crippen MR) is 71.1 cm³/mol. The van der Waals surface area contributed by atoms with Gasteiger partial charge in [0.2, 0.25) is 0 Å². The third kappa shape index (κ3) is 2.69. The van der Waals surface area contributed by atoms with Crippen LogP contribution in [-0.4, -0.2) is 10.9 Å². The van der Waals surface area contributed by atoms with Crippen molar-refractivity contribution in [1.29, 1.82) is 0 Å². The number of rotatable bonds is 3. The summed E-state index contributed by atoms with van der Waals surface area (Å²) < 4.78 is 13.5. The molecule has 0 bridgehead atoms. The average Bonchev–Trinajstić information content (AvgIpc) is 2.41. The van der Waals surface area contributed by atoms with Gasteiger partial charge in [0.15, 0.2) is 0 Å². The number of hydrogen-bond acceptors (Lipinski definition) is 4. The minimum Gasteiger partial charge on any atom is -0.321 e. The molecule has 2 rings (SSSR count). The third-order valence-corrected chi connectivity index (χ3v) is 2.64. The molecule has 0 saturated heterocycles. The highest BCUT2D eigenvalue weighted by atomic mass is 19.1. The van der Waals surface area contributed by atoms with E-state index >= 15 is 0 Å². The smallest absolute Gasteiger partial charge is 0.259 e. The first-order chi connectivity index (χ1) is 9.13. The molecular weight excluding hydrogens is 247 g/mol. The molecule has 0 unspecified atom stereocenters. The maximum Gasteiger partial charge on any atom is 0.259 e. The number of hydrazine groups is 1. The molecule has 1 aromatic carbocycles. The van der Waals surface area contributed by atoms with Crippen LogP contribution < -0.4 is 16.6 Å². The Labute approximate surface area is 109 Å². The van der Waals surface area contributed by atoms with E-state index in [-0.39, 0.29) is 11.3 Å². The van der Waals surface area contributed by atoms with Gasteiger partial charge < -0.3 is 10.7 Å². The topological polar surface area (TPSA) is 80.0 Å². The van der Waals surface area contributed by atoms with Crippen molar-refractivity contribution in [3.05, 3.63) is 53.5 Å². The molecule has 2 aromatic rings. The van der Waals surface area contributed by atoms with Gasteiger partial charge in [0.25, 0.3) is 5.91 Å². The molecule has 0 atom stereocenters. The van der Waals surface area contributed by atoms with Gasteiger partial charge in [-0.15, -0.1) is 0 Å². The predicted octanol–water partition coefficient (Wildman–Crippen LogP) is 2.07. The Morgan fingerprint density at radius 3 is 2.79 bits per heavy atom. The van der Waals surface area contributed by atoms with Crippen LogP contribution in [0.5, 0.6) is 0 Å². The van der Waals surface area contributed by atoms with Crippen LogP contribution in [0.4, 0.5) is 15.9 Å². The monoisotopic (exact) mass is 260 g/mol. The normalized spacial score (nSPS) is 10.1. The zero-order valence-electron chi connectivity index (χ0n) is 10.3. The maximum absolute atomic E-state index is 13.5. The minimum absolute atomic E-state index is 0.0476. The number of para-hydroxylation sites is 1. The number of halogens is 1. The summed E-state index contributed by atoms with van der Waals surface area (Å²) in [6, 6.07) is 7.72. The molecule has 0 aliphatic rings. The van der Waals surface area contributed by atoms with E-state index in [2.05, 4.69) is 15.7 Å². The van der Waals surface area contributed by atoms with Crippen molar-refractivity contribution < 1.29 is 9.18 Å². The van der Waals surface area contributed by atoms with Gasteiger partial charge in [0.1, 0.15) is 11.6 Å². The molecule has 0 aliphatic carbocycles. The van der Waals surface area contributed by atoms with Crippen LogP contribution in [0.2, 0.25) is 0 Å². The fraction of sp³-hybridized carbons (Fsp3) is 0.0769. The summed E-state index contributed by atoms with van der Waals surface area (Å²) in [5.41, 5.74) is 3.07. The van der Waals surface area contributed by atoms with Crippen molar-refractivity contribution >= 4 is 17.4 Å². The number of aromatic nitrogens is 1. The number of pyridine rings is 1. The lowest BCUT2D eigenvalue weighted by Crippen LogP contribution is -2.19. The summed E-state index contributed by atoms with van der Waals surface area (Å²) >= 11 is 0. The molecule has 1 amide bonds. The molecule has 1 aromatic heterocycles. The summed E-state index contributed by atoms with van der Waals surface area (Å²) in [7, 11) is 0. The Kier molecular flexibility index (Phi) is 3.72. The van der Waals surface area contributed by atoms with Crippen LogP contribution in [0.1, 0.15) is 15.9 Å². The lowest BCUT2D eigenvalue weighted by atomic mass is 10.1. The number of amides is 1. The molecule has 98 valence electrons. The number of carbonyl (C=O) groups is 1. The number of hydrogen-bond donors (Lipinski definition) is 3. The lowest BCUT2D eigenvalue weighted by molar-refractivity contribution is 0.102. The highest BCUT2D eigenvalue weighted by Gasteiger charge is 2.15. The summed E-state index contributed by atoms with van der Waals surface area (Å²) in [5, 5.41) is 2.62. The number of aryl methyl sites for hydroxylation is 1. The number of benzene rings is 1. The van der Waals surface area contributed by atoms with Crippen molar-refractivity contribution in [3.8, 4) is 0 Å². The van der Waals surface area contributed by atoms with E-state index < -0.39 is 11.7 Å². The highest BCUT2D eigenvalue weighted by Crippen LogP contribution is 2.20. The second kappa shape index (κ2) is 5.45. The van der Waals surface area contributed by atoms with Crippen molar-refractivity contribution in [1.82, 2.24) is 4.98 Å². The van der Waals surface area contributed by atoms with E-state index in [9.17, 15) is 9.18 Å². The van der Waals surface area contributed by atoms with Crippen LogP contribution in [0.3, 0.4) is 0 Å². The SMILES string of the molecule is Cc1cccnc1NC(=O)c1cccc(F)c1NN. The molecule has 0 fully saturated rings. The average molecular weight is 260 g/mol. The minimum atomic E-state index is -0.590. The van der Waals surface area contributed by atoms with E-state index in [4.69, 9.17) is 5.84 Å². The summed E-state index contributed by atoms with van der Waals surface area (Å²) in [6.45, 7) is 1.82. The van der Waals surface area contributed by atoms with E-state index in [1.165, 1.54) is 18.2 Å². The fourth-order valence-electron chi connectivity index (χ4n) is 1.65. The van der Waals surface area contributed by atoms with Crippen LogP contribution >= 0.6 is 0 Å². The first kappa shape index (κ1) is 13.0. The quantitative estimate of drug-likeness (QED) is 0.583. The van der Waals surface area contributed by atoms with Crippen molar-refractivity contribution in [2.75, 3.05) is 10.7 Å². The molecule has 0 radical (unpaired) electrons. The first-order valence-corrected chi connectivity index (χ1v) is 5.61. The molecular formula is C13H13FN4O. The lowest BCUT2D eigenvalue weighted by Gasteiger charge is -2.11. The highest BCUT2D eigenvalue weighted by molar-refractivity contribution is 6.07. The van der Waals surface area contributed by atoms with Gasteiger partial charge in [0, 0.05) is 6.20 Å². The van der Waals surface area contributed by atoms with Crippen molar-refractivity contribution in [2.45, 2.75) is 6.92 Å². The van der Waals surface area contributed by atoms with E-state index in [0.29, 0.717) is 5.82 Å². The van der Waals surface area contributed by atoms with Gasteiger partial charge in [0.05, 0.1) is 11.3 Å². The number of nitrogens with one attached hydrogen (secondary N) is 2. The largest absolute Gasteiger partial charge is 0.321 e. The molecule has 4 N–H and O–H groups in total. The Bertz CT molecular complexity index is 615. The number of carbonyl (C=O) groups excluding carboxylic acids is 1. The van der Waals surface area contributed by atoms with E-state index in [1.807, 2.05) is 13.0 Å². The second-order valence-corrected chi connectivity index (χ2v) is 3.93. The summed E-state index contributed by atoms with van der Waals surface area (Å²) in [4.78, 5) is 16.1. The van der Waals surface area contributed by atoms with Gasteiger partial charge in [-0.1, -0.05) is 12.1 Å². The van der Waals surface area contributed by atoms with E-state index in [1.54, 1.807) is 12.3 Å². The van der Waals surface area contributed by atoms with Gasteiger partial charge in [-0.2, -0.15) is 0 Å². The second-order valence-electron chi connectivity index (χ2n) is 3.93. The zero-order chi connectivity index (χ0) is 13.8. The van der Waals surface area contributed by atoms with Crippen LogP contribution in [-0.2, 0) is 0 Å². The number of nitrogen functional groups attached to an aromatic ring is 1. The first-order valence-electron chi connectivity index (χ1n) is 5.61. The van der Waals surface area contributed by atoms with Gasteiger partial charge >= 0.3 is 0 Å². The standard InChI is InChI=1S/C13H13FN4O/c1-8-4-3-7-16-12(8)17-13(19)9-5-2-6-10(14)11(9)18-15/h2-7,18H,15H2,1H3,(H,16,17,19). The Morgan fingerprint density at radius 1 is 1.32 bits per heavy atom. The third-order valence-electron chi connectivity index (χ3n) is 2.64. The zero-order valence-corrected chi connectivity index (χ0v) is 10.3. The van der Waals surface area contributed by atoms with Crippen molar-refractivity contribution in [3.63, 3.8) is 0 Å². The molecule has 0 spiro atoms. The van der Waals surface area contributed by atoms with Crippen LogP contribution in [0.15, 0.2) is 36.5 Å². The molecule has 6 heteroatoms. The van der Waals surface area contributed by atoms with Crippen LogP contribution in [0.25, 0.3) is 0 Å². The number of anilines is 2. The molecule has 0 aliphatic heterocycles. The Balaban J connectivity index is 2.31. The molecule has 0 saturated carbocycles. The Morgan fingerprint density at radius 2 is 2.11 bits per heavy atom. The maximum atomic E-state index is 13.5. The van der Waals surface area contributed by atoms with Gasteiger partial charge in [-0.05, 0) is 30.7 Å². The van der Waals surface area contributed by atoms with Crippen LogP contribution in [0, 0.1) is 12.7 Å². The van der Waals surface area contributed by atoms with Crippen molar-refractivity contribution in [2.24, 2.45) is 5.84 Å². The number of nitrogens with two attached hydrogens (primary N) is 1. The summed E-state index contributed by atoms with van der Waals surface area (Å²) in [6.07, 6.45) is 1.57. The number of nitrogens with zero attached hydrogens (tertiary/aromatic N) is 1.